The second-order valence-electron chi connectivity index (χ2n) is 10.1. The molecule has 3 rings (SSSR count). The molecule has 0 bridgehead atoms. The van der Waals surface area contributed by atoms with E-state index in [9.17, 15) is 18.0 Å². The lowest BCUT2D eigenvalue weighted by molar-refractivity contribution is -0.140. The molecule has 0 radical (unpaired) electrons. The third-order valence-electron chi connectivity index (χ3n) is 5.90. The van der Waals surface area contributed by atoms with Gasteiger partial charge in [-0.2, -0.15) is 0 Å². The fourth-order valence-corrected chi connectivity index (χ4v) is 5.38. The molecule has 0 spiro atoms. The minimum atomic E-state index is -4.15. The van der Waals surface area contributed by atoms with Gasteiger partial charge in [0.1, 0.15) is 18.3 Å². The number of hydrogen-bond acceptors (Lipinski definition) is 5. The van der Waals surface area contributed by atoms with Gasteiger partial charge in [0.05, 0.1) is 17.7 Å². The minimum Gasteiger partial charge on any atom is -0.497 e. The Hall–Kier alpha value is -3.56. The Labute approximate surface area is 235 Å². The molecular weight excluding hydrogens is 538 g/mol. The number of halogens is 1. The summed E-state index contributed by atoms with van der Waals surface area (Å²) in [6.45, 7) is 6.75. The van der Waals surface area contributed by atoms with Crippen LogP contribution >= 0.6 is 11.6 Å². The van der Waals surface area contributed by atoms with E-state index in [1.165, 1.54) is 29.2 Å². The number of sulfonamides is 1. The van der Waals surface area contributed by atoms with E-state index in [-0.39, 0.29) is 17.3 Å². The third-order valence-corrected chi connectivity index (χ3v) is 7.94. The number of nitrogens with one attached hydrogen (secondary N) is 1. The molecule has 8 nitrogen and oxygen atoms in total. The van der Waals surface area contributed by atoms with Crippen molar-refractivity contribution in [3.05, 3.63) is 89.4 Å². The van der Waals surface area contributed by atoms with Crippen LogP contribution in [0.5, 0.6) is 5.75 Å². The van der Waals surface area contributed by atoms with E-state index in [0.717, 1.165) is 9.87 Å². The van der Waals surface area contributed by atoms with Gasteiger partial charge in [-0.15, -0.1) is 0 Å². The van der Waals surface area contributed by atoms with Crippen LogP contribution < -0.4 is 14.4 Å². The number of hydrogen-bond donors (Lipinski definition) is 1. The predicted octanol–water partition coefficient (Wildman–Crippen LogP) is 4.88. The van der Waals surface area contributed by atoms with Gasteiger partial charge in [0.2, 0.25) is 11.8 Å². The minimum absolute atomic E-state index is 0.0104. The van der Waals surface area contributed by atoms with Gasteiger partial charge in [-0.3, -0.25) is 13.9 Å². The van der Waals surface area contributed by atoms with Crippen LogP contribution in [-0.4, -0.2) is 50.4 Å². The maximum Gasteiger partial charge on any atom is 0.264 e. The zero-order valence-corrected chi connectivity index (χ0v) is 24.3. The molecule has 1 atom stereocenters. The number of ether oxygens (including phenoxy) is 1. The highest BCUT2D eigenvalue weighted by atomic mass is 35.5. The summed E-state index contributed by atoms with van der Waals surface area (Å²) in [5.41, 5.74) is 0.553. The molecule has 3 aromatic rings. The van der Waals surface area contributed by atoms with Gasteiger partial charge in [-0.05, 0) is 81.8 Å². The van der Waals surface area contributed by atoms with Crippen LogP contribution in [0.2, 0.25) is 5.02 Å². The highest BCUT2D eigenvalue weighted by molar-refractivity contribution is 7.92. The van der Waals surface area contributed by atoms with Gasteiger partial charge >= 0.3 is 0 Å². The summed E-state index contributed by atoms with van der Waals surface area (Å²) >= 11 is 5.98. The topological polar surface area (TPSA) is 96.0 Å². The highest BCUT2D eigenvalue weighted by Gasteiger charge is 2.33. The number of anilines is 1. The van der Waals surface area contributed by atoms with Crippen LogP contribution in [-0.2, 0) is 26.2 Å². The molecular formula is C29H34ClN3O5S. The first-order valence-electron chi connectivity index (χ1n) is 12.4. The second-order valence-corrected chi connectivity index (χ2v) is 12.4. The van der Waals surface area contributed by atoms with Gasteiger partial charge in [0.15, 0.2) is 0 Å². The molecule has 0 saturated heterocycles. The Bertz CT molecular complexity index is 1370. The molecule has 10 heteroatoms. The van der Waals surface area contributed by atoms with Crippen molar-refractivity contribution in [1.29, 1.82) is 0 Å². The van der Waals surface area contributed by atoms with Crippen molar-refractivity contribution in [2.45, 2.75) is 50.7 Å². The van der Waals surface area contributed by atoms with Crippen molar-refractivity contribution < 1.29 is 22.7 Å². The van der Waals surface area contributed by atoms with Gasteiger partial charge < -0.3 is 15.0 Å². The molecule has 0 aliphatic rings. The number of carbonyl (C=O) groups excluding carboxylic acids is 2. The molecule has 0 unspecified atom stereocenters. The number of benzene rings is 3. The van der Waals surface area contributed by atoms with E-state index >= 15 is 0 Å². The van der Waals surface area contributed by atoms with Crippen LogP contribution in [0.4, 0.5) is 5.69 Å². The van der Waals surface area contributed by atoms with Crippen molar-refractivity contribution in [2.75, 3.05) is 18.0 Å². The maximum atomic E-state index is 13.9. The SMILES string of the molecule is COc1ccc(CN(C(=O)CN(c2ccccc2)S(=O)(=O)c2ccc(Cl)cc2)[C@@H](C)C(=O)NC(C)(C)C)cc1. The first-order chi connectivity index (χ1) is 18.3. The number of para-hydroxylation sites is 1. The van der Waals surface area contributed by atoms with Crippen LogP contribution in [0, 0.1) is 0 Å². The molecule has 1 N–H and O–H groups in total. The van der Waals surface area contributed by atoms with Gasteiger partial charge in [-0.25, -0.2) is 8.42 Å². The van der Waals surface area contributed by atoms with E-state index < -0.39 is 34.1 Å². The molecule has 0 fully saturated rings. The van der Waals surface area contributed by atoms with E-state index in [4.69, 9.17) is 16.3 Å². The Morgan fingerprint density at radius 2 is 1.54 bits per heavy atom. The summed E-state index contributed by atoms with van der Waals surface area (Å²) in [4.78, 5) is 28.4. The standard InChI is InChI=1S/C29H34ClN3O5S/c1-21(28(35)31-29(2,3)4)32(19-22-11-15-25(38-5)16-12-22)27(34)20-33(24-9-7-6-8-10-24)39(36,37)26-17-13-23(30)14-18-26/h6-18,21H,19-20H2,1-5H3,(H,31,35)/t21-/m0/s1. The van der Waals surface area contributed by atoms with Gasteiger partial charge in [0, 0.05) is 17.1 Å². The quantitative estimate of drug-likeness (QED) is 0.374. The average Bonchev–Trinajstić information content (AvgIpc) is 2.90. The Kier molecular flexibility index (Phi) is 9.63. The van der Waals surface area contributed by atoms with Crippen molar-refractivity contribution in [3.8, 4) is 5.75 Å². The zero-order valence-electron chi connectivity index (χ0n) is 22.7. The lowest BCUT2D eigenvalue weighted by Gasteiger charge is -2.33. The van der Waals surface area contributed by atoms with Crippen molar-refractivity contribution in [1.82, 2.24) is 10.2 Å². The molecule has 0 aliphatic heterocycles. The average molecular weight is 572 g/mol. The summed E-state index contributed by atoms with van der Waals surface area (Å²) < 4.78 is 33.8. The number of methoxy groups -OCH3 is 1. The summed E-state index contributed by atoms with van der Waals surface area (Å²) in [6, 6.07) is 20.4. The van der Waals surface area contributed by atoms with E-state index in [1.807, 2.05) is 20.8 Å². The zero-order chi connectivity index (χ0) is 28.8. The van der Waals surface area contributed by atoms with E-state index in [2.05, 4.69) is 5.32 Å². The normalized spacial score (nSPS) is 12.4. The fourth-order valence-electron chi connectivity index (χ4n) is 3.84. The number of carbonyl (C=O) groups is 2. The summed E-state index contributed by atoms with van der Waals surface area (Å²) in [6.07, 6.45) is 0. The summed E-state index contributed by atoms with van der Waals surface area (Å²) in [7, 11) is -2.59. The molecule has 2 amide bonds. The third kappa shape index (κ3) is 7.97. The molecule has 0 saturated carbocycles. The molecule has 208 valence electrons. The van der Waals surface area contributed by atoms with E-state index in [1.54, 1.807) is 68.6 Å². The Morgan fingerprint density at radius 1 is 0.949 bits per heavy atom. The number of amides is 2. The van der Waals surface area contributed by atoms with Crippen LogP contribution in [0.15, 0.2) is 83.8 Å². The number of nitrogens with zero attached hydrogens (tertiary/aromatic N) is 2. The Balaban J connectivity index is 2.00. The number of rotatable bonds is 10. The predicted molar refractivity (Wildman–Crippen MR) is 153 cm³/mol. The molecule has 0 heterocycles. The molecule has 0 aromatic heterocycles. The summed E-state index contributed by atoms with van der Waals surface area (Å²) in [5.74, 6) is -0.237. The lowest BCUT2D eigenvalue weighted by atomic mass is 10.1. The van der Waals surface area contributed by atoms with Crippen LogP contribution in [0.3, 0.4) is 0 Å². The maximum absolute atomic E-state index is 13.9. The van der Waals surface area contributed by atoms with Crippen LogP contribution in [0.1, 0.15) is 33.3 Å². The van der Waals surface area contributed by atoms with E-state index in [0.29, 0.717) is 16.5 Å². The smallest absolute Gasteiger partial charge is 0.264 e. The van der Waals surface area contributed by atoms with Crippen molar-refractivity contribution >= 4 is 39.1 Å². The lowest BCUT2D eigenvalue weighted by Crippen LogP contribution is -2.54. The summed E-state index contributed by atoms with van der Waals surface area (Å²) in [5, 5.41) is 3.30. The molecule has 39 heavy (non-hydrogen) atoms. The highest BCUT2D eigenvalue weighted by Crippen LogP contribution is 2.25. The molecule has 3 aromatic carbocycles. The Morgan fingerprint density at radius 3 is 2.08 bits per heavy atom. The largest absolute Gasteiger partial charge is 0.497 e. The fraction of sp³-hybridized carbons (Fsp3) is 0.310. The first-order valence-corrected chi connectivity index (χ1v) is 14.2. The first kappa shape index (κ1) is 30.0. The van der Waals surface area contributed by atoms with Gasteiger partial charge in [-0.1, -0.05) is 41.9 Å². The van der Waals surface area contributed by atoms with Gasteiger partial charge in [0.25, 0.3) is 10.0 Å². The van der Waals surface area contributed by atoms with Crippen molar-refractivity contribution in [3.63, 3.8) is 0 Å². The second kappa shape index (κ2) is 12.5. The monoisotopic (exact) mass is 571 g/mol. The van der Waals surface area contributed by atoms with Crippen LogP contribution in [0.25, 0.3) is 0 Å². The molecule has 0 aliphatic carbocycles. The van der Waals surface area contributed by atoms with Crippen molar-refractivity contribution in [2.24, 2.45) is 0 Å².